The van der Waals surface area contributed by atoms with Gasteiger partial charge in [-0.2, -0.15) is 0 Å². The number of esters is 1. The van der Waals surface area contributed by atoms with Crippen LogP contribution in [0.5, 0.6) is 0 Å². The third kappa shape index (κ3) is 3.34. The molecule has 0 aromatic heterocycles. The largest absolute Gasteiger partial charge is 0.469 e. The Morgan fingerprint density at radius 2 is 2.00 bits per heavy atom. The highest BCUT2D eigenvalue weighted by Crippen LogP contribution is 2.23. The molecule has 0 atom stereocenters. The van der Waals surface area contributed by atoms with Crippen LogP contribution in [0, 0.1) is 0 Å². The molecule has 0 radical (unpaired) electrons. The van der Waals surface area contributed by atoms with Crippen molar-refractivity contribution in [3.05, 3.63) is 34.9 Å². The van der Waals surface area contributed by atoms with E-state index in [1.165, 1.54) is 24.7 Å². The molecule has 1 aliphatic rings. The van der Waals surface area contributed by atoms with E-state index < -0.39 is 5.97 Å². The van der Waals surface area contributed by atoms with Gasteiger partial charge in [0.15, 0.2) is 0 Å². The van der Waals surface area contributed by atoms with Crippen molar-refractivity contribution in [1.29, 1.82) is 0 Å². The van der Waals surface area contributed by atoms with E-state index in [-0.39, 0.29) is 12.3 Å². The van der Waals surface area contributed by atoms with Gasteiger partial charge in [0.05, 0.1) is 7.11 Å². The van der Waals surface area contributed by atoms with Crippen LogP contribution < -0.4 is 0 Å². The standard InChI is InChI=1S/C15H19NO3/c1-16(14(17)9-15(18)19-2)10-11-6-7-12-4-3-5-13(12)8-11/h6-8H,3-5,9-10H2,1-2H3. The second kappa shape index (κ2) is 5.87. The van der Waals surface area contributed by atoms with Crippen LogP contribution in [0.4, 0.5) is 0 Å². The number of ether oxygens (including phenoxy) is 1. The van der Waals surface area contributed by atoms with E-state index >= 15 is 0 Å². The van der Waals surface area contributed by atoms with E-state index in [4.69, 9.17) is 0 Å². The Hall–Kier alpha value is -1.84. The molecule has 4 nitrogen and oxygen atoms in total. The van der Waals surface area contributed by atoms with Gasteiger partial charge in [-0.05, 0) is 36.0 Å². The number of hydrogen-bond acceptors (Lipinski definition) is 3. The fraction of sp³-hybridized carbons (Fsp3) is 0.467. The number of methoxy groups -OCH3 is 1. The summed E-state index contributed by atoms with van der Waals surface area (Å²) in [5.41, 5.74) is 3.93. The minimum absolute atomic E-state index is 0.196. The van der Waals surface area contributed by atoms with Crippen LogP contribution in [0.2, 0.25) is 0 Å². The van der Waals surface area contributed by atoms with Gasteiger partial charge in [-0.15, -0.1) is 0 Å². The minimum atomic E-state index is -0.495. The molecule has 0 bridgehead atoms. The van der Waals surface area contributed by atoms with Gasteiger partial charge < -0.3 is 9.64 Å². The van der Waals surface area contributed by atoms with Gasteiger partial charge >= 0.3 is 5.97 Å². The smallest absolute Gasteiger partial charge is 0.315 e. The summed E-state index contributed by atoms with van der Waals surface area (Å²) >= 11 is 0. The Labute approximate surface area is 113 Å². The lowest BCUT2D eigenvalue weighted by Crippen LogP contribution is -2.28. The van der Waals surface area contributed by atoms with E-state index in [1.807, 2.05) is 0 Å². The molecule has 0 saturated carbocycles. The lowest BCUT2D eigenvalue weighted by atomic mass is 10.1. The number of fused-ring (bicyclic) bond motifs is 1. The van der Waals surface area contributed by atoms with Crippen molar-refractivity contribution in [3.63, 3.8) is 0 Å². The van der Waals surface area contributed by atoms with Crippen molar-refractivity contribution in [2.75, 3.05) is 14.2 Å². The molecular formula is C15H19NO3. The van der Waals surface area contributed by atoms with Gasteiger partial charge in [0.1, 0.15) is 6.42 Å². The number of carbonyl (C=O) groups is 2. The summed E-state index contributed by atoms with van der Waals surface area (Å²) in [6.07, 6.45) is 3.31. The number of nitrogens with zero attached hydrogens (tertiary/aromatic N) is 1. The highest BCUT2D eigenvalue weighted by Gasteiger charge is 2.16. The van der Waals surface area contributed by atoms with Crippen LogP contribution in [-0.2, 0) is 33.7 Å². The predicted molar refractivity (Wildman–Crippen MR) is 71.6 cm³/mol. The van der Waals surface area contributed by atoms with E-state index in [0.717, 1.165) is 18.4 Å². The molecule has 0 N–H and O–H groups in total. The summed E-state index contributed by atoms with van der Waals surface area (Å²) in [4.78, 5) is 24.4. The van der Waals surface area contributed by atoms with E-state index in [9.17, 15) is 9.59 Å². The van der Waals surface area contributed by atoms with Crippen LogP contribution in [0.1, 0.15) is 29.5 Å². The molecule has 1 aromatic carbocycles. The number of benzene rings is 1. The summed E-state index contributed by atoms with van der Waals surface area (Å²) in [6.45, 7) is 0.531. The zero-order valence-electron chi connectivity index (χ0n) is 11.4. The van der Waals surface area contributed by atoms with E-state index in [1.54, 1.807) is 11.9 Å². The van der Waals surface area contributed by atoms with Crippen LogP contribution in [0.3, 0.4) is 0 Å². The van der Waals surface area contributed by atoms with Gasteiger partial charge in [-0.1, -0.05) is 18.2 Å². The third-order valence-electron chi connectivity index (χ3n) is 3.53. The molecule has 19 heavy (non-hydrogen) atoms. The maximum absolute atomic E-state index is 11.8. The summed E-state index contributed by atoms with van der Waals surface area (Å²) in [5, 5.41) is 0. The Morgan fingerprint density at radius 1 is 1.26 bits per heavy atom. The molecule has 102 valence electrons. The summed E-state index contributed by atoms with van der Waals surface area (Å²) in [6, 6.07) is 6.38. The number of hydrogen-bond donors (Lipinski definition) is 0. The van der Waals surface area contributed by atoms with Gasteiger partial charge in [0.2, 0.25) is 5.91 Å². The first-order chi connectivity index (χ1) is 9.10. The molecule has 0 fully saturated rings. The minimum Gasteiger partial charge on any atom is -0.469 e. The van der Waals surface area contributed by atoms with E-state index in [2.05, 4.69) is 22.9 Å². The molecule has 1 amide bonds. The van der Waals surface area contributed by atoms with Gasteiger partial charge in [0, 0.05) is 13.6 Å². The first-order valence-electron chi connectivity index (χ1n) is 6.51. The number of amides is 1. The maximum Gasteiger partial charge on any atom is 0.315 e. The predicted octanol–water partition coefficient (Wildman–Crippen LogP) is 1.70. The summed E-state index contributed by atoms with van der Waals surface area (Å²) < 4.78 is 4.50. The Morgan fingerprint density at radius 3 is 2.74 bits per heavy atom. The van der Waals surface area contributed by atoms with Crippen molar-refractivity contribution in [2.24, 2.45) is 0 Å². The van der Waals surface area contributed by atoms with Crippen LogP contribution in [0.25, 0.3) is 0 Å². The molecular weight excluding hydrogens is 242 g/mol. The van der Waals surface area contributed by atoms with Gasteiger partial charge in [-0.25, -0.2) is 0 Å². The SMILES string of the molecule is COC(=O)CC(=O)N(C)Cc1ccc2c(c1)CCC2. The van der Waals surface area contributed by atoms with Crippen molar-refractivity contribution in [3.8, 4) is 0 Å². The Balaban J connectivity index is 1.97. The number of aryl methyl sites for hydroxylation is 2. The Bertz CT molecular complexity index is 496. The van der Waals surface area contributed by atoms with Crippen LogP contribution in [-0.4, -0.2) is 30.9 Å². The first-order valence-corrected chi connectivity index (χ1v) is 6.51. The molecule has 0 spiro atoms. The molecule has 1 aromatic rings. The van der Waals surface area contributed by atoms with Crippen LogP contribution in [0.15, 0.2) is 18.2 Å². The fourth-order valence-corrected chi connectivity index (χ4v) is 2.42. The zero-order valence-corrected chi connectivity index (χ0v) is 11.4. The molecule has 2 rings (SSSR count). The monoisotopic (exact) mass is 261 g/mol. The normalized spacial score (nSPS) is 12.9. The third-order valence-corrected chi connectivity index (χ3v) is 3.53. The zero-order chi connectivity index (χ0) is 13.8. The molecule has 0 saturated heterocycles. The van der Waals surface area contributed by atoms with Crippen molar-refractivity contribution >= 4 is 11.9 Å². The average Bonchev–Trinajstić information content (AvgIpc) is 2.85. The average molecular weight is 261 g/mol. The molecule has 1 aliphatic carbocycles. The van der Waals surface area contributed by atoms with Gasteiger partial charge in [-0.3, -0.25) is 9.59 Å². The van der Waals surface area contributed by atoms with Crippen molar-refractivity contribution < 1.29 is 14.3 Å². The fourth-order valence-electron chi connectivity index (χ4n) is 2.42. The second-order valence-electron chi connectivity index (χ2n) is 4.96. The highest BCUT2D eigenvalue weighted by atomic mass is 16.5. The maximum atomic E-state index is 11.8. The number of rotatable bonds is 4. The first kappa shape index (κ1) is 13.6. The molecule has 0 aliphatic heterocycles. The van der Waals surface area contributed by atoms with Crippen molar-refractivity contribution in [1.82, 2.24) is 4.90 Å². The van der Waals surface area contributed by atoms with E-state index in [0.29, 0.717) is 6.54 Å². The lowest BCUT2D eigenvalue weighted by molar-refractivity contribution is -0.146. The number of carbonyl (C=O) groups excluding carboxylic acids is 2. The highest BCUT2D eigenvalue weighted by molar-refractivity contribution is 5.94. The molecule has 0 heterocycles. The van der Waals surface area contributed by atoms with Crippen LogP contribution >= 0.6 is 0 Å². The lowest BCUT2D eigenvalue weighted by Gasteiger charge is -2.17. The Kier molecular flexibility index (Phi) is 4.20. The summed E-state index contributed by atoms with van der Waals surface area (Å²) in [5.74, 6) is -0.710. The topological polar surface area (TPSA) is 46.6 Å². The molecule has 4 heteroatoms. The molecule has 0 unspecified atom stereocenters. The van der Waals surface area contributed by atoms with Gasteiger partial charge in [0.25, 0.3) is 0 Å². The van der Waals surface area contributed by atoms with Crippen molar-refractivity contribution in [2.45, 2.75) is 32.2 Å². The second-order valence-corrected chi connectivity index (χ2v) is 4.96. The quantitative estimate of drug-likeness (QED) is 0.612. The summed E-state index contributed by atoms with van der Waals surface area (Å²) in [7, 11) is 2.99.